The number of aromatic nitrogens is 3. The van der Waals surface area contributed by atoms with E-state index in [2.05, 4.69) is 31.7 Å². The molecule has 0 saturated carbocycles. The van der Waals surface area contributed by atoms with Crippen LogP contribution in [0.5, 0.6) is 0 Å². The van der Waals surface area contributed by atoms with Crippen LogP contribution in [0.2, 0.25) is 0 Å². The van der Waals surface area contributed by atoms with Crippen LogP contribution in [0.25, 0.3) is 10.9 Å². The number of anilines is 4. The molecule has 0 amide bonds. The van der Waals surface area contributed by atoms with E-state index in [-0.39, 0.29) is 0 Å². The summed E-state index contributed by atoms with van der Waals surface area (Å²) in [5, 5.41) is 16.6. The molecule has 0 spiro atoms. The minimum atomic E-state index is 0.459. The Bertz CT molecular complexity index is 1160. The van der Waals surface area contributed by atoms with Gasteiger partial charge in [0.2, 0.25) is 5.95 Å². The molecule has 0 atom stereocenters. The number of para-hydroxylation sites is 1. The predicted octanol–water partition coefficient (Wildman–Crippen LogP) is 4.69. The predicted molar refractivity (Wildman–Crippen MR) is 106 cm³/mol. The van der Waals surface area contributed by atoms with Crippen LogP contribution in [-0.2, 0) is 0 Å². The zero-order valence-electron chi connectivity index (χ0n) is 14.6. The van der Waals surface area contributed by atoms with Crippen molar-refractivity contribution in [2.45, 2.75) is 6.92 Å². The average Bonchev–Trinajstić information content (AvgIpc) is 2.68. The molecule has 0 fully saturated rings. The van der Waals surface area contributed by atoms with Crippen molar-refractivity contribution >= 4 is 34.0 Å². The quantitative estimate of drug-likeness (QED) is 0.554. The third kappa shape index (κ3) is 3.67. The van der Waals surface area contributed by atoms with Crippen LogP contribution in [0.4, 0.5) is 23.1 Å². The van der Waals surface area contributed by atoms with E-state index in [0.29, 0.717) is 17.3 Å². The lowest BCUT2D eigenvalue weighted by atomic mass is 10.2. The lowest BCUT2D eigenvalue weighted by Gasteiger charge is -2.11. The highest BCUT2D eigenvalue weighted by atomic mass is 15.1. The van der Waals surface area contributed by atoms with Gasteiger partial charge in [-0.2, -0.15) is 10.2 Å². The molecule has 0 aliphatic rings. The summed E-state index contributed by atoms with van der Waals surface area (Å²) in [5.41, 5.74) is 3.92. The lowest BCUT2D eigenvalue weighted by Crippen LogP contribution is -2.03. The van der Waals surface area contributed by atoms with Gasteiger partial charge in [0, 0.05) is 29.0 Å². The van der Waals surface area contributed by atoms with E-state index < -0.39 is 0 Å². The van der Waals surface area contributed by atoms with Gasteiger partial charge in [-0.1, -0.05) is 24.3 Å². The minimum Gasteiger partial charge on any atom is -0.338 e. The van der Waals surface area contributed by atoms with Gasteiger partial charge in [0.25, 0.3) is 0 Å². The van der Waals surface area contributed by atoms with Crippen molar-refractivity contribution in [2.24, 2.45) is 0 Å². The maximum atomic E-state index is 9.04. The Morgan fingerprint density at radius 1 is 0.926 bits per heavy atom. The number of rotatable bonds is 4. The fourth-order valence-electron chi connectivity index (χ4n) is 2.83. The Hall–Kier alpha value is -3.98. The number of hydrogen-bond acceptors (Lipinski definition) is 6. The van der Waals surface area contributed by atoms with E-state index in [1.54, 1.807) is 18.3 Å². The molecule has 0 radical (unpaired) electrons. The number of pyridine rings is 1. The van der Waals surface area contributed by atoms with E-state index in [4.69, 9.17) is 5.26 Å². The Labute approximate surface area is 156 Å². The van der Waals surface area contributed by atoms with Gasteiger partial charge in [-0.3, -0.25) is 4.98 Å². The van der Waals surface area contributed by atoms with Crippen molar-refractivity contribution in [2.75, 3.05) is 10.6 Å². The zero-order valence-corrected chi connectivity index (χ0v) is 14.6. The lowest BCUT2D eigenvalue weighted by molar-refractivity contribution is 1.11. The Kier molecular flexibility index (Phi) is 4.33. The van der Waals surface area contributed by atoms with Gasteiger partial charge in [0.1, 0.15) is 5.82 Å². The fraction of sp³-hybridized carbons (Fsp3) is 0.0476. The van der Waals surface area contributed by atoms with Crippen molar-refractivity contribution < 1.29 is 0 Å². The summed E-state index contributed by atoms with van der Waals surface area (Å²) < 4.78 is 0. The van der Waals surface area contributed by atoms with Crippen molar-refractivity contribution in [1.29, 1.82) is 5.26 Å². The van der Waals surface area contributed by atoms with E-state index in [9.17, 15) is 0 Å². The second-order valence-electron chi connectivity index (χ2n) is 6.04. The molecule has 0 aliphatic carbocycles. The molecule has 130 valence electrons. The van der Waals surface area contributed by atoms with Crippen LogP contribution in [0, 0.1) is 18.3 Å². The molecule has 0 saturated heterocycles. The maximum absolute atomic E-state index is 9.04. The summed E-state index contributed by atoms with van der Waals surface area (Å²) in [4.78, 5) is 13.4. The van der Waals surface area contributed by atoms with Crippen LogP contribution >= 0.6 is 0 Å². The van der Waals surface area contributed by atoms with Crippen molar-refractivity contribution in [3.8, 4) is 6.07 Å². The SMILES string of the molecule is Cc1cc(Nc2cccc3cccnc23)nc(Nc2cccc(C#N)c2)n1. The molecule has 27 heavy (non-hydrogen) atoms. The highest BCUT2D eigenvalue weighted by molar-refractivity contribution is 5.91. The summed E-state index contributed by atoms with van der Waals surface area (Å²) in [6.07, 6.45) is 1.77. The van der Waals surface area contributed by atoms with Crippen molar-refractivity contribution in [1.82, 2.24) is 15.0 Å². The Morgan fingerprint density at radius 2 is 1.78 bits per heavy atom. The summed E-state index contributed by atoms with van der Waals surface area (Å²) in [6.45, 7) is 1.91. The van der Waals surface area contributed by atoms with Gasteiger partial charge >= 0.3 is 0 Å². The monoisotopic (exact) mass is 352 g/mol. The number of benzene rings is 2. The summed E-state index contributed by atoms with van der Waals surface area (Å²) >= 11 is 0. The van der Waals surface area contributed by atoms with Gasteiger partial charge in [-0.15, -0.1) is 0 Å². The number of nitrogens with zero attached hydrogens (tertiary/aromatic N) is 4. The topological polar surface area (TPSA) is 86.5 Å². The molecular weight excluding hydrogens is 336 g/mol. The molecule has 4 aromatic rings. The van der Waals surface area contributed by atoms with Crippen LogP contribution in [0.1, 0.15) is 11.3 Å². The molecule has 2 aromatic carbocycles. The van der Waals surface area contributed by atoms with Gasteiger partial charge in [0.05, 0.1) is 22.8 Å². The number of nitrogens with one attached hydrogen (secondary N) is 2. The van der Waals surface area contributed by atoms with E-state index >= 15 is 0 Å². The molecule has 0 bridgehead atoms. The number of fused-ring (bicyclic) bond motifs is 1. The van der Waals surface area contributed by atoms with Crippen molar-refractivity contribution in [3.05, 3.63) is 78.1 Å². The molecule has 2 aromatic heterocycles. The fourth-order valence-corrected chi connectivity index (χ4v) is 2.83. The average molecular weight is 352 g/mol. The largest absolute Gasteiger partial charge is 0.338 e. The normalized spacial score (nSPS) is 10.4. The molecule has 4 rings (SSSR count). The third-order valence-corrected chi connectivity index (χ3v) is 4.00. The summed E-state index contributed by atoms with van der Waals surface area (Å²) in [7, 11) is 0. The van der Waals surface area contributed by atoms with Gasteiger partial charge in [0.15, 0.2) is 0 Å². The first kappa shape index (κ1) is 16.5. The summed E-state index contributed by atoms with van der Waals surface area (Å²) in [5.74, 6) is 1.13. The Morgan fingerprint density at radius 3 is 2.67 bits per heavy atom. The second kappa shape index (κ2) is 7.10. The van der Waals surface area contributed by atoms with E-state index in [1.807, 2.05) is 55.5 Å². The highest BCUT2D eigenvalue weighted by Gasteiger charge is 2.07. The molecule has 2 heterocycles. The first-order valence-electron chi connectivity index (χ1n) is 8.45. The third-order valence-electron chi connectivity index (χ3n) is 4.00. The molecule has 2 N–H and O–H groups in total. The molecule has 6 nitrogen and oxygen atoms in total. The number of aryl methyl sites for hydroxylation is 1. The second-order valence-corrected chi connectivity index (χ2v) is 6.04. The molecule has 0 unspecified atom stereocenters. The zero-order chi connectivity index (χ0) is 18.6. The van der Waals surface area contributed by atoms with Crippen LogP contribution < -0.4 is 10.6 Å². The van der Waals surface area contributed by atoms with Crippen LogP contribution in [-0.4, -0.2) is 15.0 Å². The van der Waals surface area contributed by atoms with Crippen LogP contribution in [0.15, 0.2) is 66.9 Å². The Balaban J connectivity index is 1.65. The van der Waals surface area contributed by atoms with Crippen LogP contribution in [0.3, 0.4) is 0 Å². The molecule has 6 heteroatoms. The number of nitriles is 1. The molecular formula is C21H16N6. The van der Waals surface area contributed by atoms with E-state index in [1.165, 1.54) is 0 Å². The smallest absolute Gasteiger partial charge is 0.229 e. The van der Waals surface area contributed by atoms with Gasteiger partial charge in [-0.25, -0.2) is 4.98 Å². The first-order chi connectivity index (χ1) is 13.2. The molecule has 0 aliphatic heterocycles. The van der Waals surface area contributed by atoms with Gasteiger partial charge < -0.3 is 10.6 Å². The first-order valence-corrected chi connectivity index (χ1v) is 8.45. The van der Waals surface area contributed by atoms with Crippen molar-refractivity contribution in [3.63, 3.8) is 0 Å². The van der Waals surface area contributed by atoms with E-state index in [0.717, 1.165) is 28.0 Å². The van der Waals surface area contributed by atoms with Gasteiger partial charge in [-0.05, 0) is 37.3 Å². The number of hydrogen-bond donors (Lipinski definition) is 2. The standard InChI is InChI=1S/C21H16N6/c1-14-11-19(26-18-9-3-6-16-7-4-10-23-20(16)18)27-21(24-14)25-17-8-2-5-15(12-17)13-22/h2-12H,1H3,(H2,24,25,26,27). The highest BCUT2D eigenvalue weighted by Crippen LogP contribution is 2.25. The maximum Gasteiger partial charge on any atom is 0.229 e. The minimum absolute atomic E-state index is 0.459. The summed E-state index contributed by atoms with van der Waals surface area (Å²) in [6, 6.07) is 21.1.